The van der Waals surface area contributed by atoms with Crippen LogP contribution in [0.3, 0.4) is 0 Å². The maximum Gasteiger partial charge on any atom is 0.0688 e. The minimum absolute atomic E-state index is 0.446. The number of rotatable bonds is 5. The van der Waals surface area contributed by atoms with E-state index in [1.807, 2.05) is 0 Å². The van der Waals surface area contributed by atoms with E-state index in [4.69, 9.17) is 0 Å². The van der Waals surface area contributed by atoms with Gasteiger partial charge in [-0.05, 0) is 49.1 Å². The van der Waals surface area contributed by atoms with Crippen molar-refractivity contribution in [2.75, 3.05) is 0 Å². The van der Waals surface area contributed by atoms with E-state index in [1.165, 1.54) is 36.8 Å². The summed E-state index contributed by atoms with van der Waals surface area (Å²) < 4.78 is 0. The summed E-state index contributed by atoms with van der Waals surface area (Å²) in [7, 11) is 0. The molecule has 1 nitrogen and oxygen atoms in total. The number of hydrogen-bond acceptors (Lipinski definition) is 1. The van der Waals surface area contributed by atoms with Crippen LogP contribution in [0.5, 0.6) is 0 Å². The quantitative estimate of drug-likeness (QED) is 0.825. The van der Waals surface area contributed by atoms with Crippen molar-refractivity contribution < 1.29 is 5.11 Å². The Morgan fingerprint density at radius 1 is 1.05 bits per heavy atom. The molecule has 0 aromatic heterocycles. The zero-order chi connectivity index (χ0) is 13.7. The first-order chi connectivity index (χ1) is 9.15. The Kier molecular flexibility index (Phi) is 5.04. The molecule has 0 saturated heterocycles. The Morgan fingerprint density at radius 3 is 2.16 bits per heavy atom. The van der Waals surface area contributed by atoms with Gasteiger partial charge in [-0.25, -0.2) is 0 Å². The second-order valence-electron chi connectivity index (χ2n) is 6.30. The predicted molar refractivity (Wildman–Crippen MR) is 81.3 cm³/mol. The molecule has 0 heterocycles. The van der Waals surface area contributed by atoms with Crippen LogP contribution < -0.4 is 0 Å². The van der Waals surface area contributed by atoms with Crippen LogP contribution in [0.2, 0.25) is 0 Å². The van der Waals surface area contributed by atoms with Crippen molar-refractivity contribution >= 4 is 0 Å². The summed E-state index contributed by atoms with van der Waals surface area (Å²) in [6, 6.07) is 8.77. The van der Waals surface area contributed by atoms with Crippen LogP contribution in [0.1, 0.15) is 63.5 Å². The fraction of sp³-hybridized carbons (Fsp3) is 0.667. The van der Waals surface area contributed by atoms with E-state index in [1.54, 1.807) is 0 Å². The second kappa shape index (κ2) is 6.56. The summed E-state index contributed by atoms with van der Waals surface area (Å²) in [5, 5.41) is 10.7. The van der Waals surface area contributed by atoms with Gasteiger partial charge >= 0.3 is 0 Å². The van der Waals surface area contributed by atoms with Gasteiger partial charge in [0, 0.05) is 6.42 Å². The minimum atomic E-state index is -0.446. The maximum absolute atomic E-state index is 10.7. The third-order valence-corrected chi connectivity index (χ3v) is 4.70. The van der Waals surface area contributed by atoms with Gasteiger partial charge in [0.25, 0.3) is 0 Å². The summed E-state index contributed by atoms with van der Waals surface area (Å²) in [5.74, 6) is 0.854. The standard InChI is InChI=1S/C18H28O/c1-3-5-16-10-12-18(19,13-11-16)14-17-8-6-15(4-2)7-9-17/h6-9,16,19H,3-5,10-14H2,1-2H3. The van der Waals surface area contributed by atoms with Crippen molar-refractivity contribution in [3.63, 3.8) is 0 Å². The van der Waals surface area contributed by atoms with E-state index < -0.39 is 5.60 Å². The maximum atomic E-state index is 10.7. The molecule has 1 fully saturated rings. The highest BCUT2D eigenvalue weighted by atomic mass is 16.3. The molecule has 106 valence electrons. The third-order valence-electron chi connectivity index (χ3n) is 4.70. The van der Waals surface area contributed by atoms with Crippen molar-refractivity contribution in [3.8, 4) is 0 Å². The van der Waals surface area contributed by atoms with Gasteiger partial charge in [-0.1, -0.05) is 51.0 Å². The first-order valence-corrected chi connectivity index (χ1v) is 7.95. The lowest BCUT2D eigenvalue weighted by Crippen LogP contribution is -2.36. The first kappa shape index (κ1) is 14.6. The average molecular weight is 260 g/mol. The lowest BCUT2D eigenvalue weighted by Gasteiger charge is -2.36. The molecule has 2 rings (SSSR count). The summed E-state index contributed by atoms with van der Waals surface area (Å²) in [6.07, 6.45) is 8.90. The van der Waals surface area contributed by atoms with Crippen molar-refractivity contribution in [3.05, 3.63) is 35.4 Å². The van der Waals surface area contributed by atoms with E-state index in [0.717, 1.165) is 31.6 Å². The van der Waals surface area contributed by atoms with Crippen LogP contribution in [0, 0.1) is 5.92 Å². The molecule has 1 heteroatoms. The highest BCUT2D eigenvalue weighted by Crippen LogP contribution is 2.36. The smallest absolute Gasteiger partial charge is 0.0688 e. The zero-order valence-electron chi connectivity index (χ0n) is 12.5. The van der Waals surface area contributed by atoms with Crippen LogP contribution in [0.25, 0.3) is 0 Å². The van der Waals surface area contributed by atoms with E-state index >= 15 is 0 Å². The van der Waals surface area contributed by atoms with Crippen molar-refractivity contribution in [1.82, 2.24) is 0 Å². The Bertz CT molecular complexity index is 371. The highest BCUT2D eigenvalue weighted by molar-refractivity contribution is 5.24. The lowest BCUT2D eigenvalue weighted by atomic mass is 9.74. The molecule has 1 aromatic carbocycles. The third kappa shape index (κ3) is 4.07. The van der Waals surface area contributed by atoms with Gasteiger partial charge in [-0.2, -0.15) is 0 Å². The molecular weight excluding hydrogens is 232 g/mol. The van der Waals surface area contributed by atoms with Crippen LogP contribution in [0.15, 0.2) is 24.3 Å². The molecule has 0 amide bonds. The van der Waals surface area contributed by atoms with E-state index in [-0.39, 0.29) is 0 Å². The molecule has 1 aliphatic rings. The number of hydrogen-bond donors (Lipinski definition) is 1. The molecule has 0 bridgehead atoms. The molecule has 1 aromatic rings. The molecule has 0 atom stereocenters. The Labute approximate surface area is 118 Å². The van der Waals surface area contributed by atoms with Crippen LogP contribution in [-0.2, 0) is 12.8 Å². The van der Waals surface area contributed by atoms with Gasteiger partial charge in [0.15, 0.2) is 0 Å². The van der Waals surface area contributed by atoms with Crippen molar-refractivity contribution in [2.45, 2.75) is 70.8 Å². The van der Waals surface area contributed by atoms with Crippen LogP contribution >= 0.6 is 0 Å². The van der Waals surface area contributed by atoms with Crippen molar-refractivity contribution in [1.29, 1.82) is 0 Å². The Hall–Kier alpha value is -0.820. The van der Waals surface area contributed by atoms with Gasteiger partial charge in [-0.3, -0.25) is 0 Å². The van der Waals surface area contributed by atoms with E-state index in [2.05, 4.69) is 38.1 Å². The fourth-order valence-electron chi connectivity index (χ4n) is 3.36. The molecule has 1 N–H and O–H groups in total. The van der Waals surface area contributed by atoms with Gasteiger partial charge in [0.05, 0.1) is 5.60 Å². The molecule has 0 spiro atoms. The number of benzene rings is 1. The monoisotopic (exact) mass is 260 g/mol. The Morgan fingerprint density at radius 2 is 1.63 bits per heavy atom. The molecule has 1 aliphatic carbocycles. The summed E-state index contributed by atoms with van der Waals surface area (Å²) in [5.41, 5.74) is 2.22. The second-order valence-corrected chi connectivity index (χ2v) is 6.30. The van der Waals surface area contributed by atoms with E-state index in [0.29, 0.717) is 0 Å². The van der Waals surface area contributed by atoms with Gasteiger partial charge in [0.1, 0.15) is 0 Å². The minimum Gasteiger partial charge on any atom is -0.390 e. The van der Waals surface area contributed by atoms with Gasteiger partial charge < -0.3 is 5.11 Å². The Balaban J connectivity index is 1.91. The number of aryl methyl sites for hydroxylation is 1. The average Bonchev–Trinajstić information content (AvgIpc) is 2.43. The topological polar surface area (TPSA) is 20.2 Å². The molecule has 19 heavy (non-hydrogen) atoms. The summed E-state index contributed by atoms with van der Waals surface area (Å²) in [4.78, 5) is 0. The predicted octanol–water partition coefficient (Wildman–Crippen LogP) is 4.51. The van der Waals surface area contributed by atoms with Crippen molar-refractivity contribution in [2.24, 2.45) is 5.92 Å². The molecule has 0 unspecified atom stereocenters. The largest absolute Gasteiger partial charge is 0.390 e. The van der Waals surface area contributed by atoms with Crippen LogP contribution in [0.4, 0.5) is 0 Å². The van der Waals surface area contributed by atoms with Crippen LogP contribution in [-0.4, -0.2) is 10.7 Å². The molecule has 0 radical (unpaired) electrons. The van der Waals surface area contributed by atoms with Gasteiger partial charge in [-0.15, -0.1) is 0 Å². The summed E-state index contributed by atoms with van der Waals surface area (Å²) in [6.45, 7) is 4.44. The normalized spacial score (nSPS) is 27.4. The first-order valence-electron chi connectivity index (χ1n) is 7.95. The lowest BCUT2D eigenvalue weighted by molar-refractivity contribution is -0.00987. The molecular formula is C18H28O. The number of aliphatic hydroxyl groups is 1. The van der Waals surface area contributed by atoms with Gasteiger partial charge in [0.2, 0.25) is 0 Å². The molecule has 1 saturated carbocycles. The zero-order valence-corrected chi connectivity index (χ0v) is 12.5. The SMILES string of the molecule is CCCC1CCC(O)(Cc2ccc(CC)cc2)CC1. The molecule has 0 aliphatic heterocycles. The fourth-order valence-corrected chi connectivity index (χ4v) is 3.36. The highest BCUT2D eigenvalue weighted by Gasteiger charge is 2.32. The summed E-state index contributed by atoms with van der Waals surface area (Å²) >= 11 is 0. The van der Waals surface area contributed by atoms with E-state index in [9.17, 15) is 5.11 Å².